The molecule has 1 saturated heterocycles. The van der Waals surface area contributed by atoms with Crippen molar-refractivity contribution in [3.8, 4) is 0 Å². The lowest BCUT2D eigenvalue weighted by molar-refractivity contribution is -0.388. The Balaban J connectivity index is 1.95. The third-order valence-corrected chi connectivity index (χ3v) is 7.37. The monoisotopic (exact) mass is 451 g/mol. The Morgan fingerprint density at radius 2 is 1.83 bits per heavy atom. The van der Waals surface area contributed by atoms with Crippen LogP contribution in [0.2, 0.25) is 0 Å². The van der Waals surface area contributed by atoms with Crippen LogP contribution in [0.3, 0.4) is 0 Å². The fourth-order valence-corrected chi connectivity index (χ4v) is 5.30. The molecule has 1 aliphatic heterocycles. The Morgan fingerprint density at radius 1 is 1.17 bits per heavy atom. The molecule has 9 nitrogen and oxygen atoms in total. The maximum Gasteiger partial charge on any atom is 0.451 e. The molecule has 29 heavy (non-hydrogen) atoms. The number of nitro groups is 1. The first-order valence-electron chi connectivity index (χ1n) is 8.45. The summed E-state index contributed by atoms with van der Waals surface area (Å²) in [4.78, 5) is 10.4. The summed E-state index contributed by atoms with van der Waals surface area (Å²) in [5.41, 5.74) is -0.537. The van der Waals surface area contributed by atoms with Gasteiger partial charge in [-0.2, -0.15) is 17.5 Å². The van der Waals surface area contributed by atoms with Crippen molar-refractivity contribution in [1.29, 1.82) is 0 Å². The van der Waals surface area contributed by atoms with Crippen LogP contribution in [-0.2, 0) is 23.2 Å². The average molecular weight is 451 g/mol. The molecular formula is C15H16F3N5O4S2. The van der Waals surface area contributed by atoms with Gasteiger partial charge in [0.1, 0.15) is 0 Å². The van der Waals surface area contributed by atoms with Gasteiger partial charge in [-0.15, -0.1) is 10.2 Å². The molecule has 0 atom stereocenters. The Morgan fingerprint density at radius 3 is 2.38 bits per heavy atom. The van der Waals surface area contributed by atoms with Crippen LogP contribution in [0.1, 0.15) is 25.1 Å². The number of aromatic nitrogens is 3. The zero-order chi connectivity index (χ0) is 21.4. The number of alkyl halides is 3. The molecule has 1 fully saturated rings. The number of benzene rings is 1. The molecule has 158 valence electrons. The molecular weight excluding hydrogens is 435 g/mol. The number of hydrogen-bond acceptors (Lipinski definition) is 7. The summed E-state index contributed by atoms with van der Waals surface area (Å²) >= 11 is 0.600. The largest absolute Gasteiger partial charge is 0.451 e. The Kier molecular flexibility index (Phi) is 5.87. The third-order valence-electron chi connectivity index (χ3n) is 4.37. The van der Waals surface area contributed by atoms with E-state index in [1.54, 1.807) is 0 Å². The predicted octanol–water partition coefficient (Wildman–Crippen LogP) is 3.07. The van der Waals surface area contributed by atoms with Crippen LogP contribution in [0.4, 0.5) is 18.9 Å². The summed E-state index contributed by atoms with van der Waals surface area (Å²) < 4.78 is 66.0. The molecule has 0 unspecified atom stereocenters. The van der Waals surface area contributed by atoms with Crippen molar-refractivity contribution in [2.24, 2.45) is 7.05 Å². The SMILES string of the molecule is Cn1c(Sc2ccc(S(=O)(=O)N3CCCCC3)cc2[N+](=O)[O-])nnc1C(F)(F)F. The van der Waals surface area contributed by atoms with E-state index in [0.29, 0.717) is 42.3 Å². The second-order valence-corrected chi connectivity index (χ2v) is 9.26. The summed E-state index contributed by atoms with van der Waals surface area (Å²) in [5, 5.41) is 17.8. The van der Waals surface area contributed by atoms with Crippen LogP contribution in [-0.4, -0.2) is 45.5 Å². The van der Waals surface area contributed by atoms with Crippen molar-refractivity contribution in [3.05, 3.63) is 34.1 Å². The van der Waals surface area contributed by atoms with E-state index in [2.05, 4.69) is 10.2 Å². The van der Waals surface area contributed by atoms with E-state index in [1.165, 1.54) is 16.4 Å². The summed E-state index contributed by atoms with van der Waals surface area (Å²) in [5.74, 6) is -1.24. The second kappa shape index (κ2) is 7.91. The van der Waals surface area contributed by atoms with Gasteiger partial charge in [-0.25, -0.2) is 8.42 Å². The van der Waals surface area contributed by atoms with Gasteiger partial charge in [0, 0.05) is 26.2 Å². The van der Waals surface area contributed by atoms with Gasteiger partial charge < -0.3 is 4.57 Å². The van der Waals surface area contributed by atoms with E-state index in [4.69, 9.17) is 0 Å². The maximum absolute atomic E-state index is 12.9. The topological polar surface area (TPSA) is 111 Å². The van der Waals surface area contributed by atoms with E-state index < -0.39 is 32.6 Å². The highest BCUT2D eigenvalue weighted by molar-refractivity contribution is 7.99. The first-order valence-corrected chi connectivity index (χ1v) is 10.7. The number of hydrogen-bond donors (Lipinski definition) is 0. The Labute approximate surface area is 168 Å². The summed E-state index contributed by atoms with van der Waals surface area (Å²) in [6.07, 6.45) is -2.38. The minimum Gasteiger partial charge on any atom is -0.301 e. The summed E-state index contributed by atoms with van der Waals surface area (Å²) in [6, 6.07) is 3.33. The Hall–Kier alpha value is -2.19. The molecule has 2 heterocycles. The molecule has 2 aromatic rings. The molecule has 1 aromatic carbocycles. The van der Waals surface area contributed by atoms with Crippen molar-refractivity contribution in [3.63, 3.8) is 0 Å². The Bertz CT molecular complexity index is 1030. The maximum atomic E-state index is 12.9. The number of nitrogens with zero attached hydrogens (tertiary/aromatic N) is 5. The molecule has 1 aliphatic rings. The van der Waals surface area contributed by atoms with Crippen LogP contribution in [0.15, 0.2) is 33.1 Å². The summed E-state index contributed by atoms with van der Waals surface area (Å²) in [6.45, 7) is 0.678. The smallest absolute Gasteiger partial charge is 0.301 e. The van der Waals surface area contributed by atoms with Crippen LogP contribution >= 0.6 is 11.8 Å². The quantitative estimate of drug-likeness (QED) is 0.507. The molecule has 0 bridgehead atoms. The third kappa shape index (κ3) is 4.38. The predicted molar refractivity (Wildman–Crippen MR) is 95.8 cm³/mol. The van der Waals surface area contributed by atoms with Crippen molar-refractivity contribution >= 4 is 27.5 Å². The van der Waals surface area contributed by atoms with E-state index in [1.807, 2.05) is 0 Å². The number of nitro benzene ring substituents is 1. The number of piperidine rings is 1. The molecule has 0 spiro atoms. The highest BCUT2D eigenvalue weighted by Gasteiger charge is 2.38. The normalized spacial score (nSPS) is 16.1. The van der Waals surface area contributed by atoms with Crippen LogP contribution in [0, 0.1) is 10.1 Å². The fourth-order valence-electron chi connectivity index (χ4n) is 2.89. The molecule has 0 amide bonds. The van der Waals surface area contributed by atoms with Gasteiger partial charge in [0.25, 0.3) is 5.69 Å². The average Bonchev–Trinajstić information content (AvgIpc) is 3.03. The molecule has 1 aromatic heterocycles. The van der Waals surface area contributed by atoms with Gasteiger partial charge in [-0.1, -0.05) is 6.42 Å². The second-order valence-electron chi connectivity index (χ2n) is 6.32. The van der Waals surface area contributed by atoms with E-state index in [-0.39, 0.29) is 14.9 Å². The first kappa shape index (κ1) is 21.5. The van der Waals surface area contributed by atoms with Crippen LogP contribution in [0.5, 0.6) is 0 Å². The lowest BCUT2D eigenvalue weighted by Crippen LogP contribution is -2.35. The molecule has 0 N–H and O–H groups in total. The highest BCUT2D eigenvalue weighted by atomic mass is 32.2. The molecule has 3 rings (SSSR count). The minimum absolute atomic E-state index is 0.0446. The number of halogens is 3. The highest BCUT2D eigenvalue weighted by Crippen LogP contribution is 2.37. The minimum atomic E-state index is -4.72. The van der Waals surface area contributed by atoms with E-state index in [0.717, 1.165) is 19.5 Å². The van der Waals surface area contributed by atoms with Gasteiger partial charge in [-0.3, -0.25) is 10.1 Å². The zero-order valence-corrected chi connectivity index (χ0v) is 16.7. The van der Waals surface area contributed by atoms with Crippen LogP contribution in [0.25, 0.3) is 0 Å². The van der Waals surface area contributed by atoms with Crippen LogP contribution < -0.4 is 0 Å². The molecule has 14 heteroatoms. The van der Waals surface area contributed by atoms with Gasteiger partial charge in [-0.05, 0) is 36.7 Å². The van der Waals surface area contributed by atoms with Gasteiger partial charge in [0.15, 0.2) is 5.16 Å². The van der Waals surface area contributed by atoms with Crippen molar-refractivity contribution in [2.45, 2.75) is 40.4 Å². The van der Waals surface area contributed by atoms with E-state index >= 15 is 0 Å². The van der Waals surface area contributed by atoms with Gasteiger partial charge >= 0.3 is 6.18 Å². The molecule has 0 radical (unpaired) electrons. The number of sulfonamides is 1. The van der Waals surface area contributed by atoms with Crippen molar-refractivity contribution in [1.82, 2.24) is 19.1 Å². The fraction of sp³-hybridized carbons (Fsp3) is 0.467. The number of rotatable bonds is 5. The van der Waals surface area contributed by atoms with E-state index in [9.17, 15) is 31.7 Å². The first-order chi connectivity index (χ1) is 13.5. The zero-order valence-electron chi connectivity index (χ0n) is 15.1. The van der Waals surface area contributed by atoms with Gasteiger partial charge in [0.05, 0.1) is 14.7 Å². The molecule has 0 aliphatic carbocycles. The lowest BCUT2D eigenvalue weighted by Gasteiger charge is -2.25. The van der Waals surface area contributed by atoms with Gasteiger partial charge in [0.2, 0.25) is 15.8 Å². The summed E-state index contributed by atoms with van der Waals surface area (Å²) in [7, 11) is -2.80. The molecule has 0 saturated carbocycles. The lowest BCUT2D eigenvalue weighted by atomic mass is 10.2. The van der Waals surface area contributed by atoms with Crippen molar-refractivity contribution in [2.75, 3.05) is 13.1 Å². The standard InChI is InChI=1S/C15H16F3N5O4S2/c1-21-13(15(16,17)18)19-20-14(21)28-12-6-5-10(9-11(12)23(24)25)29(26,27)22-7-3-2-4-8-22/h5-6,9H,2-4,7-8H2,1H3. The van der Waals surface area contributed by atoms with Crippen molar-refractivity contribution < 1.29 is 26.5 Å².